The second-order valence-electron chi connectivity index (χ2n) is 4.22. The van der Waals surface area contributed by atoms with Crippen LogP contribution in [0, 0.1) is 0 Å². The lowest BCUT2D eigenvalue weighted by atomic mass is 10.2. The van der Waals surface area contributed by atoms with Gasteiger partial charge in [0.2, 0.25) is 5.88 Å². The number of ether oxygens (including phenoxy) is 1. The van der Waals surface area contributed by atoms with Gasteiger partial charge >= 0.3 is 0 Å². The minimum Gasteiger partial charge on any atom is -0.480 e. The van der Waals surface area contributed by atoms with Gasteiger partial charge in [-0.3, -0.25) is 0 Å². The van der Waals surface area contributed by atoms with Crippen molar-refractivity contribution in [1.82, 2.24) is 9.97 Å². The van der Waals surface area contributed by atoms with Gasteiger partial charge in [0.05, 0.1) is 12.8 Å². The van der Waals surface area contributed by atoms with Crippen molar-refractivity contribution in [2.75, 3.05) is 7.11 Å². The lowest BCUT2D eigenvalue weighted by Gasteiger charge is -2.11. The summed E-state index contributed by atoms with van der Waals surface area (Å²) in [4.78, 5) is 8.82. The summed E-state index contributed by atoms with van der Waals surface area (Å²) in [5.74, 6) is 2.15. The molecule has 15 heavy (non-hydrogen) atoms. The summed E-state index contributed by atoms with van der Waals surface area (Å²) in [5, 5.41) is 0.587. The number of rotatable bonds is 3. The minimum atomic E-state index is 0.300. The highest BCUT2D eigenvalue weighted by Gasteiger charge is 2.30. The van der Waals surface area contributed by atoms with Crippen molar-refractivity contribution in [3.8, 4) is 5.88 Å². The number of hydrogen-bond donors (Lipinski definition) is 0. The lowest BCUT2D eigenvalue weighted by molar-refractivity contribution is 0.393. The van der Waals surface area contributed by atoms with E-state index in [1.165, 1.54) is 12.8 Å². The van der Waals surface area contributed by atoms with Crippen molar-refractivity contribution < 1.29 is 4.74 Å². The third kappa shape index (κ3) is 2.07. The van der Waals surface area contributed by atoms with E-state index in [1.807, 2.05) is 0 Å². The quantitative estimate of drug-likeness (QED) is 0.794. The van der Waals surface area contributed by atoms with E-state index in [0.29, 0.717) is 22.7 Å². The first kappa shape index (κ1) is 10.7. The Morgan fingerprint density at radius 1 is 1.33 bits per heavy atom. The zero-order valence-electron chi connectivity index (χ0n) is 9.25. The van der Waals surface area contributed by atoms with E-state index in [0.717, 1.165) is 11.5 Å². The van der Waals surface area contributed by atoms with Gasteiger partial charge in [0.1, 0.15) is 10.8 Å². The first-order valence-electron chi connectivity index (χ1n) is 5.24. The monoisotopic (exact) mass is 226 g/mol. The summed E-state index contributed by atoms with van der Waals surface area (Å²) in [6, 6.07) is 0. The number of methoxy groups -OCH3 is 1. The Kier molecular flexibility index (Phi) is 2.83. The largest absolute Gasteiger partial charge is 0.480 e. The first-order valence-corrected chi connectivity index (χ1v) is 5.62. The van der Waals surface area contributed by atoms with Crippen molar-refractivity contribution in [2.45, 2.75) is 38.5 Å². The summed E-state index contributed by atoms with van der Waals surface area (Å²) in [7, 11) is 1.59. The summed E-state index contributed by atoms with van der Waals surface area (Å²) >= 11 is 6.17. The van der Waals surface area contributed by atoms with Crippen LogP contribution in [0.2, 0.25) is 5.02 Å². The van der Waals surface area contributed by atoms with Crippen molar-refractivity contribution in [3.63, 3.8) is 0 Å². The summed E-state index contributed by atoms with van der Waals surface area (Å²) in [6.45, 7) is 4.14. The van der Waals surface area contributed by atoms with Crippen LogP contribution in [-0.2, 0) is 0 Å². The molecular formula is C11H15ClN2O. The van der Waals surface area contributed by atoms with E-state index in [9.17, 15) is 0 Å². The third-order valence-electron chi connectivity index (χ3n) is 2.54. The molecule has 1 heterocycles. The van der Waals surface area contributed by atoms with E-state index < -0.39 is 0 Å². The SMILES string of the molecule is COc1nc(C(C)C)nc(C2CC2)c1Cl. The molecule has 3 nitrogen and oxygen atoms in total. The Bertz CT molecular complexity index is 375. The standard InChI is InChI=1S/C11H15ClN2O/c1-6(2)10-13-9(7-4-5-7)8(12)11(14-10)15-3/h6-7H,4-5H2,1-3H3. The second-order valence-corrected chi connectivity index (χ2v) is 4.60. The highest BCUT2D eigenvalue weighted by atomic mass is 35.5. The molecule has 1 aromatic rings. The molecule has 0 aromatic carbocycles. The molecule has 0 spiro atoms. The predicted octanol–water partition coefficient (Wildman–Crippen LogP) is 3.14. The Morgan fingerprint density at radius 2 is 2.00 bits per heavy atom. The zero-order valence-corrected chi connectivity index (χ0v) is 10.0. The molecule has 1 aliphatic rings. The van der Waals surface area contributed by atoms with Gasteiger partial charge in [-0.25, -0.2) is 4.98 Å². The topological polar surface area (TPSA) is 35.0 Å². The molecule has 82 valence electrons. The van der Waals surface area contributed by atoms with Crippen LogP contribution in [0.25, 0.3) is 0 Å². The van der Waals surface area contributed by atoms with E-state index >= 15 is 0 Å². The second kappa shape index (κ2) is 3.97. The fraction of sp³-hybridized carbons (Fsp3) is 0.636. The number of halogens is 1. The summed E-state index contributed by atoms with van der Waals surface area (Å²) in [6.07, 6.45) is 2.36. The molecule has 2 rings (SSSR count). The maximum Gasteiger partial charge on any atom is 0.235 e. The van der Waals surface area contributed by atoms with Crippen LogP contribution in [0.5, 0.6) is 5.88 Å². The van der Waals surface area contributed by atoms with Gasteiger partial charge in [-0.1, -0.05) is 25.4 Å². The molecule has 0 aliphatic heterocycles. The fourth-order valence-corrected chi connectivity index (χ4v) is 1.80. The van der Waals surface area contributed by atoms with E-state index in [2.05, 4.69) is 23.8 Å². The van der Waals surface area contributed by atoms with Crippen LogP contribution >= 0.6 is 11.6 Å². The maximum atomic E-state index is 6.17. The molecule has 0 amide bonds. The van der Waals surface area contributed by atoms with Crippen LogP contribution in [0.3, 0.4) is 0 Å². The normalized spacial score (nSPS) is 15.8. The van der Waals surface area contributed by atoms with Gasteiger partial charge in [0.25, 0.3) is 0 Å². The molecule has 0 bridgehead atoms. The van der Waals surface area contributed by atoms with E-state index in [-0.39, 0.29) is 0 Å². The van der Waals surface area contributed by atoms with Crippen LogP contribution in [0.15, 0.2) is 0 Å². The highest BCUT2D eigenvalue weighted by molar-refractivity contribution is 6.32. The van der Waals surface area contributed by atoms with Gasteiger partial charge in [0, 0.05) is 11.8 Å². The van der Waals surface area contributed by atoms with Gasteiger partial charge in [-0.15, -0.1) is 0 Å². The molecule has 1 fully saturated rings. The van der Waals surface area contributed by atoms with E-state index in [4.69, 9.17) is 16.3 Å². The van der Waals surface area contributed by atoms with Crippen LogP contribution < -0.4 is 4.74 Å². The summed E-state index contributed by atoms with van der Waals surface area (Å²) in [5.41, 5.74) is 0.965. The molecule has 1 saturated carbocycles. The van der Waals surface area contributed by atoms with Crippen LogP contribution in [-0.4, -0.2) is 17.1 Å². The molecule has 0 atom stereocenters. The average Bonchev–Trinajstić information content (AvgIpc) is 3.01. The molecule has 0 N–H and O–H groups in total. The van der Waals surface area contributed by atoms with Gasteiger partial charge in [-0.2, -0.15) is 4.98 Å². The van der Waals surface area contributed by atoms with Crippen LogP contribution in [0.4, 0.5) is 0 Å². The van der Waals surface area contributed by atoms with Crippen molar-refractivity contribution >= 4 is 11.6 Å². The molecule has 1 aliphatic carbocycles. The first-order chi connectivity index (χ1) is 7.13. The maximum absolute atomic E-state index is 6.17. The Balaban J connectivity index is 2.47. The Morgan fingerprint density at radius 3 is 2.47 bits per heavy atom. The fourth-order valence-electron chi connectivity index (χ4n) is 1.48. The molecule has 0 unspecified atom stereocenters. The molecule has 0 saturated heterocycles. The van der Waals surface area contributed by atoms with E-state index in [1.54, 1.807) is 7.11 Å². The Hall–Kier alpha value is -0.830. The lowest BCUT2D eigenvalue weighted by Crippen LogP contribution is -2.04. The molecule has 4 heteroatoms. The Labute approximate surface area is 94.8 Å². The van der Waals surface area contributed by atoms with Crippen molar-refractivity contribution in [2.24, 2.45) is 0 Å². The average molecular weight is 227 g/mol. The van der Waals surface area contributed by atoms with Gasteiger partial charge < -0.3 is 4.74 Å². The van der Waals surface area contributed by atoms with Crippen molar-refractivity contribution in [3.05, 3.63) is 16.5 Å². The molecular weight excluding hydrogens is 212 g/mol. The number of nitrogens with zero attached hydrogens (tertiary/aromatic N) is 2. The molecule has 0 radical (unpaired) electrons. The zero-order chi connectivity index (χ0) is 11.0. The van der Waals surface area contributed by atoms with Crippen LogP contribution in [0.1, 0.15) is 50.0 Å². The highest BCUT2D eigenvalue weighted by Crippen LogP contribution is 2.44. The third-order valence-corrected chi connectivity index (χ3v) is 2.89. The number of aromatic nitrogens is 2. The van der Waals surface area contributed by atoms with Crippen molar-refractivity contribution in [1.29, 1.82) is 0 Å². The van der Waals surface area contributed by atoms with Gasteiger partial charge in [0.15, 0.2) is 0 Å². The van der Waals surface area contributed by atoms with Gasteiger partial charge in [-0.05, 0) is 12.8 Å². The minimum absolute atomic E-state index is 0.300. The number of hydrogen-bond acceptors (Lipinski definition) is 3. The smallest absolute Gasteiger partial charge is 0.235 e. The predicted molar refractivity (Wildman–Crippen MR) is 59.7 cm³/mol. The molecule has 1 aromatic heterocycles. The summed E-state index contributed by atoms with van der Waals surface area (Å²) < 4.78 is 5.17.